The minimum absolute atomic E-state index is 0.0680. The maximum Gasteiger partial charge on any atom is 0.318 e. The van der Waals surface area contributed by atoms with Gasteiger partial charge < -0.3 is 15.1 Å². The normalized spacial score (nSPS) is 18.4. The number of rotatable bonds is 5. The molecule has 24 heavy (non-hydrogen) atoms. The molecule has 5 nitrogen and oxygen atoms in total. The first-order valence-electron chi connectivity index (χ1n) is 8.04. The topological polar surface area (TPSA) is 52.6 Å². The van der Waals surface area contributed by atoms with Crippen LogP contribution in [-0.2, 0) is 4.79 Å². The summed E-state index contributed by atoms with van der Waals surface area (Å²) in [6.07, 6.45) is 2.28. The second kappa shape index (κ2) is 7.47. The van der Waals surface area contributed by atoms with Gasteiger partial charge in [-0.1, -0.05) is 18.2 Å². The fourth-order valence-electron chi connectivity index (χ4n) is 2.81. The number of amides is 3. The van der Waals surface area contributed by atoms with Crippen LogP contribution in [0.25, 0.3) is 0 Å². The highest BCUT2D eigenvalue weighted by atomic mass is 19.1. The van der Waals surface area contributed by atoms with Gasteiger partial charge in [-0.25, -0.2) is 9.18 Å². The maximum atomic E-state index is 13.7. The first-order valence-corrected chi connectivity index (χ1v) is 8.04. The quantitative estimate of drug-likeness (QED) is 0.842. The molecule has 130 valence electrons. The van der Waals surface area contributed by atoms with E-state index in [4.69, 9.17) is 0 Å². The van der Waals surface area contributed by atoms with Gasteiger partial charge in [-0.05, 0) is 37.5 Å². The van der Waals surface area contributed by atoms with Crippen LogP contribution in [-0.4, -0.2) is 47.9 Å². The Bertz CT molecular complexity index is 647. The molecule has 0 radical (unpaired) electrons. The first kappa shape index (κ1) is 18.0. The lowest BCUT2D eigenvalue weighted by molar-refractivity contribution is -0.130. The second-order valence-electron chi connectivity index (χ2n) is 6.17. The number of carbonyl (C=O) groups excluding carboxylic acids is 2. The standard InChI is InChI=1S/C18H24FN3O2/c1-5-9-22-10-8-16(17(22)23)21(4)18(24)20-13(3)14-7-6-12(2)15(19)11-14/h5-7,11,13,16H,1,8-10H2,2-4H3,(H,20,24)/t13-,16+/m0/s1. The molecule has 1 heterocycles. The summed E-state index contributed by atoms with van der Waals surface area (Å²) < 4.78 is 13.7. The molecule has 0 saturated carbocycles. The van der Waals surface area contributed by atoms with Crippen molar-refractivity contribution in [3.8, 4) is 0 Å². The van der Waals surface area contributed by atoms with E-state index in [0.29, 0.717) is 30.6 Å². The summed E-state index contributed by atoms with van der Waals surface area (Å²) in [7, 11) is 1.61. The zero-order chi connectivity index (χ0) is 17.9. The smallest absolute Gasteiger partial charge is 0.318 e. The molecule has 0 unspecified atom stereocenters. The Balaban J connectivity index is 1.99. The Kier molecular flexibility index (Phi) is 5.59. The van der Waals surface area contributed by atoms with E-state index >= 15 is 0 Å². The van der Waals surface area contributed by atoms with Crippen LogP contribution >= 0.6 is 0 Å². The molecule has 1 aliphatic rings. The van der Waals surface area contributed by atoms with E-state index < -0.39 is 6.04 Å². The van der Waals surface area contributed by atoms with E-state index in [9.17, 15) is 14.0 Å². The minimum Gasteiger partial charge on any atom is -0.337 e. The van der Waals surface area contributed by atoms with Crippen LogP contribution in [0.3, 0.4) is 0 Å². The molecule has 6 heteroatoms. The van der Waals surface area contributed by atoms with Gasteiger partial charge in [0.05, 0.1) is 6.04 Å². The summed E-state index contributed by atoms with van der Waals surface area (Å²) in [6.45, 7) is 8.22. The number of aryl methyl sites for hydroxylation is 1. The molecule has 0 aliphatic carbocycles. The fraction of sp³-hybridized carbons (Fsp3) is 0.444. The van der Waals surface area contributed by atoms with Crippen molar-refractivity contribution >= 4 is 11.9 Å². The van der Waals surface area contributed by atoms with Crippen molar-refractivity contribution in [2.24, 2.45) is 0 Å². The average Bonchev–Trinajstić information content (AvgIpc) is 2.90. The molecule has 1 saturated heterocycles. The molecule has 0 bridgehead atoms. The number of nitrogens with one attached hydrogen (secondary N) is 1. The zero-order valence-corrected chi connectivity index (χ0v) is 14.4. The molecule has 2 atom stereocenters. The van der Waals surface area contributed by atoms with Crippen molar-refractivity contribution in [3.05, 3.63) is 47.8 Å². The third kappa shape index (κ3) is 3.75. The number of likely N-dealkylation sites (tertiary alicyclic amines) is 1. The number of hydrogen-bond acceptors (Lipinski definition) is 2. The SMILES string of the molecule is C=CCN1CC[C@@H](N(C)C(=O)N[C@@H](C)c2ccc(C)c(F)c2)C1=O. The second-order valence-corrected chi connectivity index (χ2v) is 6.17. The summed E-state index contributed by atoms with van der Waals surface area (Å²) in [5, 5.41) is 2.82. The van der Waals surface area contributed by atoms with Gasteiger partial charge >= 0.3 is 6.03 Å². The number of benzene rings is 1. The van der Waals surface area contributed by atoms with Crippen molar-refractivity contribution < 1.29 is 14.0 Å². The van der Waals surface area contributed by atoms with Gasteiger partial charge in [-0.3, -0.25) is 4.79 Å². The van der Waals surface area contributed by atoms with Crippen molar-refractivity contribution in [1.82, 2.24) is 15.1 Å². The predicted molar refractivity (Wildman–Crippen MR) is 91.0 cm³/mol. The first-order chi connectivity index (χ1) is 11.3. The Morgan fingerprint density at radius 3 is 2.92 bits per heavy atom. The van der Waals surface area contributed by atoms with E-state index in [1.54, 1.807) is 44.0 Å². The van der Waals surface area contributed by atoms with Crippen molar-refractivity contribution in [2.45, 2.75) is 32.4 Å². The van der Waals surface area contributed by atoms with Gasteiger partial charge in [0.1, 0.15) is 11.9 Å². The van der Waals surface area contributed by atoms with Crippen molar-refractivity contribution in [3.63, 3.8) is 0 Å². The monoisotopic (exact) mass is 333 g/mol. The molecule has 2 rings (SSSR count). The molecule has 1 N–H and O–H groups in total. The van der Waals surface area contributed by atoms with Crippen LogP contribution in [0.5, 0.6) is 0 Å². The fourth-order valence-corrected chi connectivity index (χ4v) is 2.81. The third-order valence-electron chi connectivity index (χ3n) is 4.44. The molecule has 1 aromatic rings. The molecular formula is C18H24FN3O2. The largest absolute Gasteiger partial charge is 0.337 e. The maximum absolute atomic E-state index is 13.7. The highest BCUT2D eigenvalue weighted by Crippen LogP contribution is 2.19. The van der Waals surface area contributed by atoms with Crippen LogP contribution in [0.1, 0.15) is 30.5 Å². The van der Waals surface area contributed by atoms with Crippen molar-refractivity contribution in [2.75, 3.05) is 20.1 Å². The molecule has 3 amide bonds. The van der Waals surface area contributed by atoms with Gasteiger partial charge in [0.15, 0.2) is 0 Å². The number of urea groups is 1. The number of carbonyl (C=O) groups is 2. The van der Waals surface area contributed by atoms with E-state index in [-0.39, 0.29) is 23.8 Å². The van der Waals surface area contributed by atoms with Crippen molar-refractivity contribution in [1.29, 1.82) is 0 Å². The number of nitrogens with zero attached hydrogens (tertiary/aromatic N) is 2. The molecule has 1 aliphatic heterocycles. The van der Waals surface area contributed by atoms with Gasteiger partial charge in [0.25, 0.3) is 0 Å². The van der Waals surface area contributed by atoms with Gasteiger partial charge in [-0.2, -0.15) is 0 Å². The van der Waals surface area contributed by atoms with Gasteiger partial charge in [0.2, 0.25) is 5.91 Å². The van der Waals surface area contributed by atoms with Crippen LogP contribution in [0, 0.1) is 12.7 Å². The summed E-state index contributed by atoms with van der Waals surface area (Å²) in [5.74, 6) is -0.366. The number of halogens is 1. The van der Waals surface area contributed by atoms with Crippen LogP contribution < -0.4 is 5.32 Å². The summed E-state index contributed by atoms with van der Waals surface area (Å²) in [4.78, 5) is 27.8. The molecular weight excluding hydrogens is 309 g/mol. The number of likely N-dealkylation sites (N-methyl/N-ethyl adjacent to an activating group) is 1. The molecule has 0 spiro atoms. The lowest BCUT2D eigenvalue weighted by Gasteiger charge is -2.26. The van der Waals surface area contributed by atoms with E-state index in [1.165, 1.54) is 11.0 Å². The Morgan fingerprint density at radius 2 is 2.29 bits per heavy atom. The van der Waals surface area contributed by atoms with E-state index in [1.807, 2.05) is 0 Å². The Morgan fingerprint density at radius 1 is 1.58 bits per heavy atom. The molecule has 1 aromatic carbocycles. The van der Waals surface area contributed by atoms with E-state index in [0.717, 1.165) is 0 Å². The lowest BCUT2D eigenvalue weighted by Crippen LogP contribution is -2.47. The summed E-state index contributed by atoms with van der Waals surface area (Å²) in [6, 6.07) is 3.73. The van der Waals surface area contributed by atoms with E-state index in [2.05, 4.69) is 11.9 Å². The third-order valence-corrected chi connectivity index (χ3v) is 4.44. The van der Waals surface area contributed by atoms with Crippen LogP contribution in [0.15, 0.2) is 30.9 Å². The summed E-state index contributed by atoms with van der Waals surface area (Å²) in [5.41, 5.74) is 1.25. The van der Waals surface area contributed by atoms with Crippen LogP contribution in [0.4, 0.5) is 9.18 Å². The summed E-state index contributed by atoms with van der Waals surface area (Å²) >= 11 is 0. The Labute approximate surface area is 142 Å². The average molecular weight is 333 g/mol. The van der Waals surface area contributed by atoms with Crippen LogP contribution in [0.2, 0.25) is 0 Å². The van der Waals surface area contributed by atoms with Gasteiger partial charge in [0, 0.05) is 20.1 Å². The highest BCUT2D eigenvalue weighted by Gasteiger charge is 2.36. The Hall–Kier alpha value is -2.37. The molecule has 1 fully saturated rings. The number of hydrogen-bond donors (Lipinski definition) is 1. The molecule has 0 aromatic heterocycles. The highest BCUT2D eigenvalue weighted by molar-refractivity contribution is 5.88. The zero-order valence-electron chi connectivity index (χ0n) is 14.4. The lowest BCUT2D eigenvalue weighted by atomic mass is 10.1. The minimum atomic E-state index is -0.466. The van der Waals surface area contributed by atoms with Gasteiger partial charge in [-0.15, -0.1) is 6.58 Å². The predicted octanol–water partition coefficient (Wildman–Crippen LogP) is 2.62.